The third-order valence-corrected chi connectivity index (χ3v) is 4.82. The SMILES string of the molecule is CNC(Cc1ccsc1)c1ccc2cc(Br)ccc2c1. The maximum absolute atomic E-state index is 3.52. The molecule has 20 heavy (non-hydrogen) atoms. The van der Waals surface area contributed by atoms with Crippen LogP contribution in [-0.2, 0) is 6.42 Å². The first-order valence-electron chi connectivity index (χ1n) is 6.64. The molecule has 102 valence electrons. The fraction of sp³-hybridized carbons (Fsp3) is 0.176. The molecule has 0 radical (unpaired) electrons. The second-order valence-electron chi connectivity index (χ2n) is 4.93. The molecular weight excluding hydrogens is 330 g/mol. The van der Waals surface area contributed by atoms with Crippen LogP contribution in [-0.4, -0.2) is 7.05 Å². The van der Waals surface area contributed by atoms with Crippen molar-refractivity contribution in [3.05, 3.63) is 68.8 Å². The number of fused-ring (bicyclic) bond motifs is 1. The van der Waals surface area contributed by atoms with E-state index in [1.807, 2.05) is 7.05 Å². The molecular formula is C17H16BrNS. The lowest BCUT2D eigenvalue weighted by atomic mass is 9.98. The molecule has 3 rings (SSSR count). The van der Waals surface area contributed by atoms with Gasteiger partial charge >= 0.3 is 0 Å². The van der Waals surface area contributed by atoms with Crippen molar-refractivity contribution in [1.82, 2.24) is 5.32 Å². The topological polar surface area (TPSA) is 12.0 Å². The number of hydrogen-bond acceptors (Lipinski definition) is 2. The molecule has 1 N–H and O–H groups in total. The van der Waals surface area contributed by atoms with Gasteiger partial charge in [0.1, 0.15) is 0 Å². The molecule has 2 aromatic carbocycles. The van der Waals surface area contributed by atoms with Crippen LogP contribution in [0, 0.1) is 0 Å². The molecule has 0 aliphatic carbocycles. The zero-order chi connectivity index (χ0) is 13.9. The molecule has 3 heteroatoms. The Morgan fingerprint density at radius 1 is 1.10 bits per heavy atom. The highest BCUT2D eigenvalue weighted by Crippen LogP contribution is 2.25. The molecule has 0 saturated heterocycles. The van der Waals surface area contributed by atoms with Crippen molar-refractivity contribution in [2.45, 2.75) is 12.5 Å². The summed E-state index contributed by atoms with van der Waals surface area (Å²) < 4.78 is 1.13. The molecule has 0 bridgehead atoms. The molecule has 0 saturated carbocycles. The quantitative estimate of drug-likeness (QED) is 0.687. The number of nitrogens with one attached hydrogen (secondary N) is 1. The summed E-state index contributed by atoms with van der Waals surface area (Å²) in [5.41, 5.74) is 2.73. The molecule has 0 aliphatic rings. The summed E-state index contributed by atoms with van der Waals surface area (Å²) >= 11 is 5.28. The third kappa shape index (κ3) is 2.95. The van der Waals surface area contributed by atoms with Crippen LogP contribution in [0.3, 0.4) is 0 Å². The van der Waals surface area contributed by atoms with E-state index in [1.165, 1.54) is 21.9 Å². The minimum absolute atomic E-state index is 0.359. The highest BCUT2D eigenvalue weighted by atomic mass is 79.9. The molecule has 1 unspecified atom stereocenters. The zero-order valence-corrected chi connectivity index (χ0v) is 13.7. The fourth-order valence-corrected chi connectivity index (χ4v) is 3.54. The van der Waals surface area contributed by atoms with Crippen molar-refractivity contribution < 1.29 is 0 Å². The Hall–Kier alpha value is -1.16. The first-order chi connectivity index (χ1) is 9.76. The van der Waals surface area contributed by atoms with E-state index in [0.29, 0.717) is 6.04 Å². The molecule has 1 heterocycles. The Labute approximate surface area is 131 Å². The van der Waals surface area contributed by atoms with Gasteiger partial charge in [-0.3, -0.25) is 0 Å². The number of halogens is 1. The molecule has 0 amide bonds. The van der Waals surface area contributed by atoms with Crippen molar-refractivity contribution >= 4 is 38.0 Å². The molecule has 3 aromatic rings. The van der Waals surface area contributed by atoms with E-state index in [9.17, 15) is 0 Å². The van der Waals surface area contributed by atoms with Crippen LogP contribution >= 0.6 is 27.3 Å². The zero-order valence-electron chi connectivity index (χ0n) is 11.3. The summed E-state index contributed by atoms with van der Waals surface area (Å²) in [6.45, 7) is 0. The minimum Gasteiger partial charge on any atom is -0.313 e. The van der Waals surface area contributed by atoms with Gasteiger partial charge in [-0.15, -0.1) is 0 Å². The molecule has 0 spiro atoms. The van der Waals surface area contributed by atoms with Crippen LogP contribution < -0.4 is 5.32 Å². The maximum atomic E-state index is 3.52. The average molecular weight is 346 g/mol. The lowest BCUT2D eigenvalue weighted by Gasteiger charge is -2.17. The predicted molar refractivity (Wildman–Crippen MR) is 91.5 cm³/mol. The van der Waals surface area contributed by atoms with Gasteiger partial charge in [-0.2, -0.15) is 11.3 Å². The largest absolute Gasteiger partial charge is 0.313 e. The first kappa shape index (κ1) is 13.8. The standard InChI is InChI=1S/C17H16BrNS/c1-19-17(8-12-6-7-20-11-12)15-3-2-14-10-16(18)5-4-13(14)9-15/h2-7,9-11,17,19H,8H2,1H3. The molecule has 1 aromatic heterocycles. The van der Waals surface area contributed by atoms with Crippen LogP contribution in [0.2, 0.25) is 0 Å². The van der Waals surface area contributed by atoms with Crippen molar-refractivity contribution in [1.29, 1.82) is 0 Å². The van der Waals surface area contributed by atoms with Crippen LogP contribution in [0.25, 0.3) is 10.8 Å². The summed E-state index contributed by atoms with van der Waals surface area (Å²) in [4.78, 5) is 0. The van der Waals surface area contributed by atoms with Gasteiger partial charge in [0.25, 0.3) is 0 Å². The minimum atomic E-state index is 0.359. The van der Waals surface area contributed by atoms with Crippen molar-refractivity contribution in [3.8, 4) is 0 Å². The van der Waals surface area contributed by atoms with E-state index in [-0.39, 0.29) is 0 Å². The van der Waals surface area contributed by atoms with Crippen LogP contribution in [0.4, 0.5) is 0 Å². The summed E-state index contributed by atoms with van der Waals surface area (Å²) in [5, 5.41) is 10.4. The highest BCUT2D eigenvalue weighted by molar-refractivity contribution is 9.10. The van der Waals surface area contributed by atoms with E-state index in [1.54, 1.807) is 11.3 Å². The van der Waals surface area contributed by atoms with Gasteiger partial charge in [-0.1, -0.05) is 34.1 Å². The smallest absolute Gasteiger partial charge is 0.0358 e. The van der Waals surface area contributed by atoms with Crippen molar-refractivity contribution in [2.24, 2.45) is 0 Å². The van der Waals surface area contributed by atoms with Gasteiger partial charge in [0.15, 0.2) is 0 Å². The second-order valence-corrected chi connectivity index (χ2v) is 6.62. The van der Waals surface area contributed by atoms with Gasteiger partial charge in [-0.25, -0.2) is 0 Å². The monoisotopic (exact) mass is 345 g/mol. The Kier molecular flexibility index (Phi) is 4.20. The summed E-state index contributed by atoms with van der Waals surface area (Å²) in [6.07, 6.45) is 1.03. The Morgan fingerprint density at radius 2 is 1.90 bits per heavy atom. The van der Waals surface area contributed by atoms with E-state index < -0.39 is 0 Å². The maximum Gasteiger partial charge on any atom is 0.0358 e. The summed E-state index contributed by atoms with van der Waals surface area (Å²) in [7, 11) is 2.03. The molecule has 0 fully saturated rings. The van der Waals surface area contributed by atoms with Gasteiger partial charge < -0.3 is 5.32 Å². The van der Waals surface area contributed by atoms with Gasteiger partial charge in [-0.05, 0) is 70.4 Å². The lowest BCUT2D eigenvalue weighted by Crippen LogP contribution is -2.18. The normalized spacial score (nSPS) is 12.7. The van der Waals surface area contributed by atoms with E-state index in [4.69, 9.17) is 0 Å². The fourth-order valence-electron chi connectivity index (χ4n) is 2.48. The molecule has 1 nitrogen and oxygen atoms in total. The van der Waals surface area contributed by atoms with Gasteiger partial charge in [0.2, 0.25) is 0 Å². The predicted octanol–water partition coefficient (Wildman–Crippen LogP) is 5.17. The second kappa shape index (κ2) is 6.08. The van der Waals surface area contributed by atoms with E-state index in [2.05, 4.69) is 74.5 Å². The van der Waals surface area contributed by atoms with Crippen LogP contribution in [0.1, 0.15) is 17.2 Å². The van der Waals surface area contributed by atoms with E-state index in [0.717, 1.165) is 10.9 Å². The summed E-state index contributed by atoms with van der Waals surface area (Å²) in [5.74, 6) is 0. The number of benzene rings is 2. The number of likely N-dealkylation sites (N-methyl/N-ethyl adjacent to an activating group) is 1. The first-order valence-corrected chi connectivity index (χ1v) is 8.37. The van der Waals surface area contributed by atoms with Crippen LogP contribution in [0.15, 0.2) is 57.7 Å². The van der Waals surface area contributed by atoms with Gasteiger partial charge in [0, 0.05) is 10.5 Å². The third-order valence-electron chi connectivity index (χ3n) is 3.60. The van der Waals surface area contributed by atoms with Crippen molar-refractivity contribution in [3.63, 3.8) is 0 Å². The Balaban J connectivity index is 1.93. The lowest BCUT2D eigenvalue weighted by molar-refractivity contribution is 0.593. The Morgan fingerprint density at radius 3 is 2.65 bits per heavy atom. The van der Waals surface area contributed by atoms with Crippen molar-refractivity contribution in [2.75, 3.05) is 7.05 Å². The highest BCUT2D eigenvalue weighted by Gasteiger charge is 2.11. The molecule has 0 aliphatic heterocycles. The van der Waals surface area contributed by atoms with Gasteiger partial charge in [0.05, 0.1) is 0 Å². The number of rotatable bonds is 4. The number of thiophene rings is 1. The Bertz CT molecular complexity index is 706. The van der Waals surface area contributed by atoms with E-state index >= 15 is 0 Å². The van der Waals surface area contributed by atoms with Crippen LogP contribution in [0.5, 0.6) is 0 Å². The average Bonchev–Trinajstić information content (AvgIpc) is 2.97. The number of hydrogen-bond donors (Lipinski definition) is 1. The molecule has 1 atom stereocenters. The summed E-state index contributed by atoms with van der Waals surface area (Å²) in [6, 6.07) is 15.7.